The number of anilines is 2. The summed E-state index contributed by atoms with van der Waals surface area (Å²) < 4.78 is 1.86. The number of nitrogens with two attached hydrogens (primary N) is 2. The van der Waals surface area contributed by atoms with Crippen molar-refractivity contribution >= 4 is 17.1 Å². The normalized spacial score (nSPS) is 11.5. The highest BCUT2D eigenvalue weighted by molar-refractivity contribution is 5.63. The van der Waals surface area contributed by atoms with Gasteiger partial charge < -0.3 is 16.0 Å². The van der Waals surface area contributed by atoms with E-state index in [1.165, 1.54) is 0 Å². The summed E-state index contributed by atoms with van der Waals surface area (Å²) in [6, 6.07) is 11.1. The Balaban J connectivity index is 2.38. The Labute approximate surface area is 106 Å². The fourth-order valence-electron chi connectivity index (χ4n) is 1.62. The van der Waals surface area contributed by atoms with E-state index in [1.54, 1.807) is 0 Å². The van der Waals surface area contributed by atoms with E-state index in [-0.39, 0.29) is 0 Å². The van der Waals surface area contributed by atoms with Crippen molar-refractivity contribution in [1.82, 2.24) is 4.57 Å². The molecule has 2 aromatic rings. The van der Waals surface area contributed by atoms with Crippen molar-refractivity contribution in [2.45, 2.75) is 0 Å². The third-order valence-corrected chi connectivity index (χ3v) is 2.62. The molecular formula is C14H16N4. The number of hydrogen-bond donors (Lipinski definition) is 2. The van der Waals surface area contributed by atoms with Gasteiger partial charge in [-0.15, -0.1) is 0 Å². The van der Waals surface area contributed by atoms with Crippen LogP contribution in [0.3, 0.4) is 0 Å². The lowest BCUT2D eigenvalue weighted by molar-refractivity contribution is 0.839. The lowest BCUT2D eigenvalue weighted by Gasteiger charge is -2.04. The summed E-state index contributed by atoms with van der Waals surface area (Å²) in [5.74, 6) is 0. The zero-order chi connectivity index (χ0) is 13.1. The standard InChI is InChI=1S/C14H16N4/c1-10(11-3-5-12(15)6-4-11)17-14-8-7-13(16)9-18(14)2/h3-9H,1,15-16H2,2H3. The second-order valence-corrected chi connectivity index (χ2v) is 4.11. The molecule has 0 saturated carbocycles. The Morgan fingerprint density at radius 3 is 2.28 bits per heavy atom. The molecule has 0 atom stereocenters. The van der Waals surface area contributed by atoms with E-state index in [2.05, 4.69) is 11.6 Å². The predicted octanol–water partition coefficient (Wildman–Crippen LogP) is 1.76. The quantitative estimate of drug-likeness (QED) is 0.785. The summed E-state index contributed by atoms with van der Waals surface area (Å²) in [6.07, 6.45) is 1.81. The van der Waals surface area contributed by atoms with Gasteiger partial charge >= 0.3 is 0 Å². The molecule has 0 radical (unpaired) electrons. The SMILES string of the molecule is C=C(N=c1ccc(N)cn1C)c1ccc(N)cc1. The smallest absolute Gasteiger partial charge is 0.133 e. The average molecular weight is 240 g/mol. The summed E-state index contributed by atoms with van der Waals surface area (Å²) in [7, 11) is 1.89. The van der Waals surface area contributed by atoms with Crippen LogP contribution in [0.25, 0.3) is 5.70 Å². The molecule has 0 saturated heterocycles. The van der Waals surface area contributed by atoms with Gasteiger partial charge in [-0.3, -0.25) is 0 Å². The lowest BCUT2D eigenvalue weighted by atomic mass is 10.1. The molecule has 4 nitrogen and oxygen atoms in total. The minimum atomic E-state index is 0.690. The number of aryl methyl sites for hydroxylation is 1. The summed E-state index contributed by atoms with van der Waals surface area (Å²) in [5.41, 5.74) is 15.2. The predicted molar refractivity (Wildman–Crippen MR) is 75.3 cm³/mol. The van der Waals surface area contributed by atoms with Crippen LogP contribution in [0.1, 0.15) is 5.56 Å². The van der Waals surface area contributed by atoms with Crippen LogP contribution >= 0.6 is 0 Å². The van der Waals surface area contributed by atoms with Crippen molar-refractivity contribution in [3.8, 4) is 0 Å². The summed E-state index contributed by atoms with van der Waals surface area (Å²) in [6.45, 7) is 3.96. The first kappa shape index (κ1) is 12.0. The number of benzene rings is 1. The van der Waals surface area contributed by atoms with Gasteiger partial charge in [0.2, 0.25) is 0 Å². The zero-order valence-corrected chi connectivity index (χ0v) is 10.3. The molecule has 0 fully saturated rings. The molecular weight excluding hydrogens is 224 g/mol. The van der Waals surface area contributed by atoms with Gasteiger partial charge in [-0.05, 0) is 29.8 Å². The first-order chi connectivity index (χ1) is 8.56. The van der Waals surface area contributed by atoms with Crippen molar-refractivity contribution in [2.24, 2.45) is 12.0 Å². The molecule has 0 spiro atoms. The third kappa shape index (κ3) is 2.60. The van der Waals surface area contributed by atoms with Crippen molar-refractivity contribution in [1.29, 1.82) is 0 Å². The fraction of sp³-hybridized carbons (Fsp3) is 0.0714. The van der Waals surface area contributed by atoms with Gasteiger partial charge in [-0.2, -0.15) is 0 Å². The fourth-order valence-corrected chi connectivity index (χ4v) is 1.62. The van der Waals surface area contributed by atoms with Crippen LogP contribution in [0.4, 0.5) is 11.4 Å². The zero-order valence-electron chi connectivity index (χ0n) is 10.3. The first-order valence-electron chi connectivity index (χ1n) is 5.58. The molecule has 0 aliphatic rings. The molecule has 2 rings (SSSR count). The first-order valence-corrected chi connectivity index (χ1v) is 5.58. The van der Waals surface area contributed by atoms with Gasteiger partial charge in [0.25, 0.3) is 0 Å². The van der Waals surface area contributed by atoms with Crippen LogP contribution in [0.15, 0.2) is 54.2 Å². The Hall–Kier alpha value is -2.49. The maximum atomic E-state index is 5.69. The van der Waals surface area contributed by atoms with E-state index in [4.69, 9.17) is 11.5 Å². The van der Waals surface area contributed by atoms with Gasteiger partial charge in [-0.1, -0.05) is 18.7 Å². The molecule has 1 aromatic heterocycles. The maximum Gasteiger partial charge on any atom is 0.133 e. The van der Waals surface area contributed by atoms with Gasteiger partial charge in [0, 0.05) is 24.6 Å². The highest BCUT2D eigenvalue weighted by Crippen LogP contribution is 2.14. The van der Waals surface area contributed by atoms with Crippen LogP contribution in [-0.4, -0.2) is 4.57 Å². The maximum absolute atomic E-state index is 5.69. The molecule has 0 aliphatic heterocycles. The third-order valence-electron chi connectivity index (χ3n) is 2.62. The Kier molecular flexibility index (Phi) is 3.19. The van der Waals surface area contributed by atoms with Crippen molar-refractivity contribution in [2.75, 3.05) is 11.5 Å². The minimum absolute atomic E-state index is 0.690. The second kappa shape index (κ2) is 4.79. The van der Waals surface area contributed by atoms with E-state index in [0.29, 0.717) is 11.4 Å². The van der Waals surface area contributed by atoms with Crippen LogP contribution in [-0.2, 0) is 7.05 Å². The van der Waals surface area contributed by atoms with E-state index in [9.17, 15) is 0 Å². The van der Waals surface area contributed by atoms with Gasteiger partial charge in [0.1, 0.15) is 5.49 Å². The second-order valence-electron chi connectivity index (χ2n) is 4.11. The van der Waals surface area contributed by atoms with Gasteiger partial charge in [-0.25, -0.2) is 4.99 Å². The summed E-state index contributed by atoms with van der Waals surface area (Å²) in [5, 5.41) is 0. The number of nitrogen functional groups attached to an aromatic ring is 2. The molecule has 0 aliphatic carbocycles. The van der Waals surface area contributed by atoms with Crippen LogP contribution < -0.4 is 17.0 Å². The Bertz CT molecular complexity index is 636. The number of rotatable bonds is 2. The topological polar surface area (TPSA) is 69.3 Å². The largest absolute Gasteiger partial charge is 0.399 e. The monoisotopic (exact) mass is 240 g/mol. The molecule has 4 heteroatoms. The van der Waals surface area contributed by atoms with Crippen LogP contribution in [0.2, 0.25) is 0 Å². The minimum Gasteiger partial charge on any atom is -0.399 e. The number of pyridine rings is 1. The van der Waals surface area contributed by atoms with Gasteiger partial charge in [0.05, 0.1) is 5.70 Å². The number of hydrogen-bond acceptors (Lipinski definition) is 3. The molecule has 0 bridgehead atoms. The highest BCUT2D eigenvalue weighted by atomic mass is 15.0. The Morgan fingerprint density at radius 2 is 1.67 bits per heavy atom. The van der Waals surface area contributed by atoms with Crippen molar-refractivity contribution in [3.05, 3.63) is 60.2 Å². The van der Waals surface area contributed by atoms with Crippen LogP contribution in [0.5, 0.6) is 0 Å². The summed E-state index contributed by atoms with van der Waals surface area (Å²) >= 11 is 0. The molecule has 1 aromatic carbocycles. The van der Waals surface area contributed by atoms with E-state index in [1.807, 2.05) is 54.2 Å². The van der Waals surface area contributed by atoms with E-state index in [0.717, 1.165) is 16.7 Å². The van der Waals surface area contributed by atoms with Crippen molar-refractivity contribution in [3.63, 3.8) is 0 Å². The highest BCUT2D eigenvalue weighted by Gasteiger charge is 1.97. The summed E-state index contributed by atoms with van der Waals surface area (Å²) in [4.78, 5) is 4.47. The molecule has 0 unspecified atom stereocenters. The number of nitrogens with zero attached hydrogens (tertiary/aromatic N) is 2. The van der Waals surface area contributed by atoms with Crippen LogP contribution in [0, 0.1) is 0 Å². The van der Waals surface area contributed by atoms with Crippen molar-refractivity contribution < 1.29 is 0 Å². The molecule has 92 valence electrons. The molecule has 18 heavy (non-hydrogen) atoms. The van der Waals surface area contributed by atoms with Gasteiger partial charge in [0.15, 0.2) is 0 Å². The number of aromatic nitrogens is 1. The van der Waals surface area contributed by atoms with E-state index >= 15 is 0 Å². The van der Waals surface area contributed by atoms with E-state index < -0.39 is 0 Å². The Morgan fingerprint density at radius 1 is 1.06 bits per heavy atom. The average Bonchev–Trinajstić information content (AvgIpc) is 2.33. The molecule has 0 amide bonds. The molecule has 1 heterocycles. The lowest BCUT2D eigenvalue weighted by Crippen LogP contribution is -2.17. The molecule has 4 N–H and O–H groups in total.